The monoisotopic (exact) mass is 308 g/mol. The van der Waals surface area contributed by atoms with Crippen molar-refractivity contribution in [2.75, 3.05) is 4.55 Å². The molecule has 0 radical (unpaired) electrons. The number of nitrogens with zero attached hydrogens (tertiary/aromatic N) is 1. The van der Waals surface area contributed by atoms with Crippen LogP contribution >= 0.6 is 22.6 Å². The van der Waals surface area contributed by atoms with Crippen molar-refractivity contribution in [2.24, 2.45) is 16.5 Å². The van der Waals surface area contributed by atoms with Crippen LogP contribution in [-0.4, -0.2) is 10.4 Å². The number of hydrogen-bond acceptors (Lipinski definition) is 3. The van der Waals surface area contributed by atoms with Gasteiger partial charge >= 0.3 is 0 Å². The van der Waals surface area contributed by atoms with Gasteiger partial charge in [-0.1, -0.05) is 42.0 Å². The second-order valence-electron chi connectivity index (χ2n) is 2.62. The normalized spacial score (nSPS) is 13.6. The SMILES string of the molecule is CCC/C=C\N/C=C(\N)C(N)=NCI. The largest absolute Gasteiger partial charge is 0.395 e. The Kier molecular flexibility index (Phi) is 8.40. The van der Waals surface area contributed by atoms with E-state index in [1.165, 1.54) is 0 Å². The van der Waals surface area contributed by atoms with Crippen molar-refractivity contribution in [3.05, 3.63) is 24.2 Å². The van der Waals surface area contributed by atoms with Crippen LogP contribution in [0.3, 0.4) is 0 Å². The van der Waals surface area contributed by atoms with Gasteiger partial charge in [0.15, 0.2) is 0 Å². The molecule has 80 valence electrons. The Labute approximate surface area is 98.7 Å². The quantitative estimate of drug-likeness (QED) is 0.228. The average Bonchev–Trinajstić information content (AvgIpc) is 2.17. The predicted molar refractivity (Wildman–Crippen MR) is 70.0 cm³/mol. The molecule has 0 aromatic heterocycles. The number of hydrogen-bond donors (Lipinski definition) is 3. The predicted octanol–water partition coefficient (Wildman–Crippen LogP) is 1.44. The lowest BCUT2D eigenvalue weighted by molar-refractivity contribution is 0.948. The van der Waals surface area contributed by atoms with E-state index in [4.69, 9.17) is 11.5 Å². The number of halogens is 1. The zero-order chi connectivity index (χ0) is 10.8. The maximum absolute atomic E-state index is 5.62. The van der Waals surface area contributed by atoms with Gasteiger partial charge in [-0.25, -0.2) is 0 Å². The number of allylic oxidation sites excluding steroid dienone is 1. The van der Waals surface area contributed by atoms with Gasteiger partial charge in [-0.05, 0) is 12.6 Å². The van der Waals surface area contributed by atoms with Gasteiger partial charge < -0.3 is 16.8 Å². The Morgan fingerprint density at radius 1 is 1.50 bits per heavy atom. The summed E-state index contributed by atoms with van der Waals surface area (Å²) >= 11 is 2.11. The smallest absolute Gasteiger partial charge is 0.144 e. The number of aliphatic imine (C=N–C) groups is 1. The molecule has 0 aliphatic rings. The molecule has 0 spiro atoms. The van der Waals surface area contributed by atoms with Crippen LogP contribution in [0.15, 0.2) is 29.2 Å². The maximum atomic E-state index is 5.62. The Bertz CT molecular complexity index is 233. The zero-order valence-electron chi connectivity index (χ0n) is 8.33. The highest BCUT2D eigenvalue weighted by Gasteiger charge is 1.93. The Balaban J connectivity index is 3.93. The molecule has 14 heavy (non-hydrogen) atoms. The lowest BCUT2D eigenvalue weighted by Crippen LogP contribution is -2.22. The first-order chi connectivity index (χ1) is 6.72. The number of rotatable bonds is 6. The molecule has 0 aliphatic carbocycles. The fourth-order valence-electron chi connectivity index (χ4n) is 0.686. The number of alkyl halides is 1. The van der Waals surface area contributed by atoms with Crippen LogP contribution in [0.25, 0.3) is 0 Å². The van der Waals surface area contributed by atoms with Crippen molar-refractivity contribution in [1.29, 1.82) is 0 Å². The molecule has 0 saturated heterocycles. The molecular formula is C9H17IN4. The summed E-state index contributed by atoms with van der Waals surface area (Å²) in [5, 5.41) is 2.93. The highest BCUT2D eigenvalue weighted by molar-refractivity contribution is 14.1. The Hall–Kier alpha value is -0.720. The average molecular weight is 308 g/mol. The third-order valence-electron chi connectivity index (χ3n) is 1.43. The molecule has 0 saturated carbocycles. The fraction of sp³-hybridized carbons (Fsp3) is 0.444. The minimum Gasteiger partial charge on any atom is -0.395 e. The van der Waals surface area contributed by atoms with Gasteiger partial charge in [0.05, 0.1) is 10.2 Å². The van der Waals surface area contributed by atoms with Gasteiger partial charge in [0.25, 0.3) is 0 Å². The van der Waals surface area contributed by atoms with E-state index in [0.29, 0.717) is 16.1 Å². The van der Waals surface area contributed by atoms with E-state index in [9.17, 15) is 0 Å². The summed E-state index contributed by atoms with van der Waals surface area (Å²) in [7, 11) is 0. The molecule has 0 aliphatic heterocycles. The van der Waals surface area contributed by atoms with Gasteiger partial charge in [-0.15, -0.1) is 0 Å². The second-order valence-corrected chi connectivity index (χ2v) is 3.30. The Morgan fingerprint density at radius 3 is 2.79 bits per heavy atom. The van der Waals surface area contributed by atoms with Crippen molar-refractivity contribution >= 4 is 28.4 Å². The van der Waals surface area contributed by atoms with E-state index in [2.05, 4.69) is 39.8 Å². The molecule has 0 rings (SSSR count). The van der Waals surface area contributed by atoms with Crippen molar-refractivity contribution < 1.29 is 0 Å². The minimum atomic E-state index is 0.371. The summed E-state index contributed by atoms with van der Waals surface area (Å²) in [5.41, 5.74) is 11.6. The summed E-state index contributed by atoms with van der Waals surface area (Å²) in [6.45, 7) is 2.12. The fourth-order valence-corrected chi connectivity index (χ4v) is 1.05. The zero-order valence-corrected chi connectivity index (χ0v) is 10.5. The maximum Gasteiger partial charge on any atom is 0.144 e. The van der Waals surface area contributed by atoms with Crippen molar-refractivity contribution in [3.63, 3.8) is 0 Å². The molecule has 5 heteroatoms. The van der Waals surface area contributed by atoms with Crippen LogP contribution < -0.4 is 16.8 Å². The summed E-state index contributed by atoms with van der Waals surface area (Å²) in [4.78, 5) is 3.96. The van der Waals surface area contributed by atoms with Crippen LogP contribution in [0.4, 0.5) is 0 Å². The van der Waals surface area contributed by atoms with Crippen LogP contribution in [0.2, 0.25) is 0 Å². The lowest BCUT2D eigenvalue weighted by atomic mass is 10.3. The molecule has 0 atom stereocenters. The van der Waals surface area contributed by atoms with Gasteiger partial charge in [0.1, 0.15) is 5.84 Å². The van der Waals surface area contributed by atoms with Crippen LogP contribution in [-0.2, 0) is 0 Å². The highest BCUT2D eigenvalue weighted by atomic mass is 127. The number of nitrogens with two attached hydrogens (primary N) is 2. The second kappa shape index (κ2) is 8.86. The van der Waals surface area contributed by atoms with E-state index in [1.807, 2.05) is 12.3 Å². The Morgan fingerprint density at radius 2 is 2.21 bits per heavy atom. The lowest BCUT2D eigenvalue weighted by Gasteiger charge is -1.99. The summed E-state index contributed by atoms with van der Waals surface area (Å²) < 4.78 is 0.615. The molecule has 0 heterocycles. The van der Waals surface area contributed by atoms with Crippen molar-refractivity contribution in [1.82, 2.24) is 5.32 Å². The number of nitrogens with one attached hydrogen (secondary N) is 1. The first kappa shape index (κ1) is 13.3. The first-order valence-corrected chi connectivity index (χ1v) is 5.97. The van der Waals surface area contributed by atoms with Gasteiger partial charge in [-0.2, -0.15) is 0 Å². The van der Waals surface area contributed by atoms with Gasteiger partial charge in [0, 0.05) is 6.20 Å². The third kappa shape index (κ3) is 6.76. The van der Waals surface area contributed by atoms with Crippen LogP contribution in [0.5, 0.6) is 0 Å². The number of amidine groups is 1. The molecular weight excluding hydrogens is 291 g/mol. The molecule has 0 unspecified atom stereocenters. The van der Waals surface area contributed by atoms with Crippen molar-refractivity contribution in [2.45, 2.75) is 19.8 Å². The van der Waals surface area contributed by atoms with Crippen molar-refractivity contribution in [3.8, 4) is 0 Å². The van der Waals surface area contributed by atoms with E-state index in [-0.39, 0.29) is 0 Å². The van der Waals surface area contributed by atoms with E-state index < -0.39 is 0 Å². The van der Waals surface area contributed by atoms with E-state index in [1.54, 1.807) is 6.20 Å². The molecule has 4 nitrogen and oxygen atoms in total. The molecule has 5 N–H and O–H groups in total. The molecule has 0 bridgehead atoms. The first-order valence-electron chi connectivity index (χ1n) is 4.45. The number of unbranched alkanes of at least 4 members (excludes halogenated alkanes) is 1. The molecule has 0 aromatic carbocycles. The highest BCUT2D eigenvalue weighted by Crippen LogP contribution is 1.89. The van der Waals surface area contributed by atoms with Crippen LogP contribution in [0, 0.1) is 0 Å². The summed E-state index contributed by atoms with van der Waals surface area (Å²) in [6, 6.07) is 0. The van der Waals surface area contributed by atoms with Crippen LogP contribution in [0.1, 0.15) is 19.8 Å². The summed E-state index contributed by atoms with van der Waals surface area (Å²) in [5.74, 6) is 0.371. The third-order valence-corrected chi connectivity index (χ3v) is 1.78. The molecule has 0 fully saturated rings. The minimum absolute atomic E-state index is 0.371. The molecule has 0 aromatic rings. The van der Waals surface area contributed by atoms with E-state index >= 15 is 0 Å². The van der Waals surface area contributed by atoms with E-state index in [0.717, 1.165) is 12.8 Å². The van der Waals surface area contributed by atoms with Gasteiger partial charge in [-0.3, -0.25) is 4.99 Å². The topological polar surface area (TPSA) is 76.4 Å². The molecule has 0 amide bonds. The summed E-state index contributed by atoms with van der Waals surface area (Å²) in [6.07, 6.45) is 7.70. The standard InChI is InChI=1S/C9H17IN4/c1-2-3-4-5-13-6-8(11)9(12)14-7-10/h4-6,13H,2-3,7,11H2,1H3,(H2,12,14)/b5-4-,8-6-. The van der Waals surface area contributed by atoms with Gasteiger partial charge in [0.2, 0.25) is 0 Å².